The van der Waals surface area contributed by atoms with Crippen LogP contribution in [0, 0.1) is 0 Å². The van der Waals surface area contributed by atoms with Gasteiger partial charge in [0.2, 0.25) is 5.90 Å². The second-order valence-electron chi connectivity index (χ2n) is 7.83. The molecule has 0 bridgehead atoms. The zero-order valence-electron chi connectivity index (χ0n) is 16.6. The topological polar surface area (TPSA) is 46.6 Å². The number of aromatic amines is 1. The first-order chi connectivity index (χ1) is 14.3. The molecule has 4 heteroatoms. The summed E-state index contributed by atoms with van der Waals surface area (Å²) in [5, 5.41) is 1.16. The highest BCUT2D eigenvalue weighted by Crippen LogP contribution is 2.27. The lowest BCUT2D eigenvalue weighted by molar-refractivity contribution is 0.210. The van der Waals surface area contributed by atoms with Crippen molar-refractivity contribution in [2.24, 2.45) is 4.99 Å². The Balaban J connectivity index is 1.41. The fraction of sp³-hybridized carbons (Fsp3) is 0.320. The molecule has 1 saturated carbocycles. The predicted octanol–water partition coefficient (Wildman–Crippen LogP) is 6.09. The van der Waals surface area contributed by atoms with Crippen LogP contribution < -0.4 is 4.74 Å². The Morgan fingerprint density at radius 2 is 1.76 bits per heavy atom. The van der Waals surface area contributed by atoms with Crippen molar-refractivity contribution in [3.8, 4) is 5.75 Å². The van der Waals surface area contributed by atoms with Gasteiger partial charge in [-0.05, 0) is 87.1 Å². The van der Waals surface area contributed by atoms with Crippen molar-refractivity contribution in [2.45, 2.75) is 44.6 Å². The van der Waals surface area contributed by atoms with Crippen LogP contribution in [0.25, 0.3) is 16.6 Å². The highest BCUT2D eigenvalue weighted by atomic mass is 16.5. The molecule has 0 amide bonds. The number of benzene rings is 2. The van der Waals surface area contributed by atoms with Crippen molar-refractivity contribution in [3.05, 3.63) is 71.9 Å². The van der Waals surface area contributed by atoms with Gasteiger partial charge in [-0.25, -0.2) is 4.99 Å². The van der Waals surface area contributed by atoms with Crippen LogP contribution in [0.4, 0.5) is 0 Å². The first kappa shape index (κ1) is 18.0. The van der Waals surface area contributed by atoms with Gasteiger partial charge in [0.05, 0.1) is 18.4 Å². The molecule has 148 valence electrons. The van der Waals surface area contributed by atoms with Crippen LogP contribution >= 0.6 is 0 Å². The van der Waals surface area contributed by atoms with E-state index in [2.05, 4.69) is 59.6 Å². The molecule has 2 aromatic carbocycles. The minimum absolute atomic E-state index is 0.378. The molecule has 3 aromatic rings. The zero-order chi connectivity index (χ0) is 19.5. The van der Waals surface area contributed by atoms with E-state index in [1.165, 1.54) is 25.7 Å². The lowest BCUT2D eigenvalue weighted by Gasteiger charge is -2.15. The number of ether oxygens (including phenoxy) is 2. The highest BCUT2D eigenvalue weighted by Gasteiger charge is 2.17. The first-order valence-corrected chi connectivity index (χ1v) is 10.6. The van der Waals surface area contributed by atoms with E-state index in [0.717, 1.165) is 46.3 Å². The van der Waals surface area contributed by atoms with E-state index in [9.17, 15) is 0 Å². The molecular formula is C25H26N2O2. The third-order valence-corrected chi connectivity index (χ3v) is 5.70. The van der Waals surface area contributed by atoms with Crippen LogP contribution in [-0.2, 0) is 4.74 Å². The fourth-order valence-corrected chi connectivity index (χ4v) is 4.10. The Kier molecular flexibility index (Phi) is 5.08. The van der Waals surface area contributed by atoms with Crippen LogP contribution in [0.2, 0.25) is 0 Å². The Hall–Kier alpha value is -3.01. The highest BCUT2D eigenvalue weighted by molar-refractivity contribution is 6.00. The number of rotatable bonds is 4. The molecule has 2 aliphatic rings. The zero-order valence-corrected chi connectivity index (χ0v) is 16.6. The molecule has 1 aromatic heterocycles. The summed E-state index contributed by atoms with van der Waals surface area (Å²) < 4.78 is 12.1. The number of fused-ring (bicyclic) bond motifs is 1. The SMILES string of the molecule is C1=C(c2ccc(OC3CCCC3)cc2)/N=C(/c2ccc3[nH]ccc3c2)OCCC/1. The van der Waals surface area contributed by atoms with Crippen molar-refractivity contribution >= 4 is 22.5 Å². The maximum Gasteiger partial charge on any atom is 0.221 e. The maximum absolute atomic E-state index is 6.10. The number of allylic oxidation sites excluding steroid dienone is 1. The normalized spacial score (nSPS) is 21.5. The standard InChI is InChI=1S/C25H26N2O2/c1-2-6-21(5-1)29-22-11-8-18(9-12-22)24-7-3-4-16-28-25(27-24)20-10-13-23-19(17-20)14-15-26-23/h7-15,17,21,26H,1-6,16H2/b24-7+,27-25-. The van der Waals surface area contributed by atoms with E-state index < -0.39 is 0 Å². The Labute approximate surface area is 171 Å². The third-order valence-electron chi connectivity index (χ3n) is 5.70. The smallest absolute Gasteiger partial charge is 0.221 e. The molecule has 0 atom stereocenters. The molecular weight excluding hydrogens is 360 g/mol. The molecule has 4 nitrogen and oxygen atoms in total. The average molecular weight is 386 g/mol. The van der Waals surface area contributed by atoms with E-state index >= 15 is 0 Å². The van der Waals surface area contributed by atoms with Crippen molar-refractivity contribution in [1.29, 1.82) is 0 Å². The van der Waals surface area contributed by atoms with Crippen LogP contribution in [0.3, 0.4) is 0 Å². The quantitative estimate of drug-likeness (QED) is 0.590. The summed E-state index contributed by atoms with van der Waals surface area (Å²) in [6.45, 7) is 0.682. The summed E-state index contributed by atoms with van der Waals surface area (Å²) in [5.74, 6) is 1.63. The monoisotopic (exact) mass is 386 g/mol. The van der Waals surface area contributed by atoms with Gasteiger partial charge in [0, 0.05) is 28.2 Å². The van der Waals surface area contributed by atoms with Gasteiger partial charge in [-0.1, -0.05) is 6.08 Å². The van der Waals surface area contributed by atoms with Gasteiger partial charge in [0.25, 0.3) is 0 Å². The second-order valence-corrected chi connectivity index (χ2v) is 7.83. The van der Waals surface area contributed by atoms with E-state index in [0.29, 0.717) is 18.6 Å². The molecule has 0 unspecified atom stereocenters. The molecule has 29 heavy (non-hydrogen) atoms. The van der Waals surface area contributed by atoms with E-state index in [-0.39, 0.29) is 0 Å². The predicted molar refractivity (Wildman–Crippen MR) is 117 cm³/mol. The largest absolute Gasteiger partial charge is 0.490 e. The van der Waals surface area contributed by atoms with Crippen molar-refractivity contribution in [1.82, 2.24) is 4.98 Å². The van der Waals surface area contributed by atoms with Crippen molar-refractivity contribution < 1.29 is 9.47 Å². The van der Waals surface area contributed by atoms with Crippen LogP contribution in [0.5, 0.6) is 5.75 Å². The van der Waals surface area contributed by atoms with Gasteiger partial charge in [-0.15, -0.1) is 0 Å². The Morgan fingerprint density at radius 1 is 0.931 bits per heavy atom. The molecule has 5 rings (SSSR count). The number of nitrogens with one attached hydrogen (secondary N) is 1. The molecule has 2 heterocycles. The molecule has 0 spiro atoms. The molecule has 0 saturated heterocycles. The summed E-state index contributed by atoms with van der Waals surface area (Å²) in [5.41, 5.74) is 4.18. The average Bonchev–Trinajstić information content (AvgIpc) is 3.40. The molecule has 1 aliphatic carbocycles. The Morgan fingerprint density at radius 3 is 2.62 bits per heavy atom. The summed E-state index contributed by atoms with van der Waals surface area (Å²) >= 11 is 0. The molecule has 0 radical (unpaired) electrons. The lowest BCUT2D eigenvalue weighted by atomic mass is 10.1. The summed E-state index contributed by atoms with van der Waals surface area (Å²) in [6.07, 6.45) is 11.4. The third kappa shape index (κ3) is 4.07. The van der Waals surface area contributed by atoms with Gasteiger partial charge in [0.15, 0.2) is 0 Å². The molecule has 1 aliphatic heterocycles. The van der Waals surface area contributed by atoms with E-state index in [1.54, 1.807) is 0 Å². The Bertz CT molecular complexity index is 1040. The van der Waals surface area contributed by atoms with E-state index in [1.807, 2.05) is 6.20 Å². The minimum atomic E-state index is 0.378. The van der Waals surface area contributed by atoms with Gasteiger partial charge >= 0.3 is 0 Å². The van der Waals surface area contributed by atoms with Crippen LogP contribution in [0.1, 0.15) is 49.7 Å². The number of hydrogen-bond donors (Lipinski definition) is 1. The molecule has 1 fully saturated rings. The van der Waals surface area contributed by atoms with Gasteiger partial charge in [-0.2, -0.15) is 0 Å². The maximum atomic E-state index is 6.10. The summed E-state index contributed by atoms with van der Waals surface area (Å²) in [7, 11) is 0. The van der Waals surface area contributed by atoms with E-state index in [4.69, 9.17) is 14.5 Å². The van der Waals surface area contributed by atoms with Crippen molar-refractivity contribution in [3.63, 3.8) is 0 Å². The van der Waals surface area contributed by atoms with Gasteiger partial charge in [0.1, 0.15) is 5.75 Å². The minimum Gasteiger partial charge on any atom is -0.490 e. The van der Waals surface area contributed by atoms with Crippen LogP contribution in [0.15, 0.2) is 65.8 Å². The van der Waals surface area contributed by atoms with Crippen molar-refractivity contribution in [2.75, 3.05) is 6.61 Å². The number of aromatic nitrogens is 1. The number of H-pyrrole nitrogens is 1. The number of nitrogens with zero attached hydrogens (tertiary/aromatic N) is 1. The second kappa shape index (κ2) is 8.16. The van der Waals surface area contributed by atoms with Crippen LogP contribution in [-0.4, -0.2) is 23.6 Å². The number of aliphatic imine (C=N–C) groups is 1. The summed E-state index contributed by atoms with van der Waals surface area (Å²) in [4.78, 5) is 8.14. The van der Waals surface area contributed by atoms with Gasteiger partial charge < -0.3 is 14.5 Å². The first-order valence-electron chi connectivity index (χ1n) is 10.6. The molecule has 1 N–H and O–H groups in total. The lowest BCUT2D eigenvalue weighted by Crippen LogP contribution is -2.11. The van der Waals surface area contributed by atoms with Gasteiger partial charge in [-0.3, -0.25) is 0 Å². The fourth-order valence-electron chi connectivity index (χ4n) is 4.10. The summed E-state index contributed by atoms with van der Waals surface area (Å²) in [6, 6.07) is 16.7. The number of hydrogen-bond acceptors (Lipinski definition) is 3.